The van der Waals surface area contributed by atoms with Gasteiger partial charge in [-0.3, -0.25) is 4.79 Å². The minimum Gasteiger partial charge on any atom is -0.378 e. The average molecular weight is 408 g/mol. The number of amides is 1. The Balaban J connectivity index is 1.46. The van der Waals surface area contributed by atoms with Crippen LogP contribution in [0.2, 0.25) is 0 Å². The van der Waals surface area contributed by atoms with Gasteiger partial charge in [0.25, 0.3) is 0 Å². The molecule has 1 aliphatic heterocycles. The molecule has 0 unspecified atom stereocenters. The third-order valence-electron chi connectivity index (χ3n) is 5.36. The van der Waals surface area contributed by atoms with Crippen molar-refractivity contribution in [1.82, 2.24) is 9.78 Å². The molecule has 0 spiro atoms. The van der Waals surface area contributed by atoms with Gasteiger partial charge in [0.15, 0.2) is 0 Å². The van der Waals surface area contributed by atoms with Crippen molar-refractivity contribution in [2.45, 2.75) is 20.3 Å². The van der Waals surface area contributed by atoms with Crippen LogP contribution < -0.4 is 10.2 Å². The van der Waals surface area contributed by atoms with Gasteiger partial charge in [0, 0.05) is 30.0 Å². The molecule has 0 atom stereocenters. The average Bonchev–Trinajstić information content (AvgIpc) is 3.03. The highest BCUT2D eigenvalue weighted by atomic mass is 19.1. The quantitative estimate of drug-likeness (QED) is 0.700. The first kappa shape index (κ1) is 20.1. The summed E-state index contributed by atoms with van der Waals surface area (Å²) in [6.45, 7) is 6.35. The molecule has 0 saturated carbocycles. The molecule has 0 radical (unpaired) electrons. The molecular weight excluding hydrogens is 383 g/mol. The van der Waals surface area contributed by atoms with Crippen molar-refractivity contribution in [3.8, 4) is 5.69 Å². The van der Waals surface area contributed by atoms with Gasteiger partial charge in [0.05, 0.1) is 36.7 Å². The Hall–Kier alpha value is -3.19. The fourth-order valence-corrected chi connectivity index (χ4v) is 3.76. The molecule has 1 aliphatic rings. The van der Waals surface area contributed by atoms with Crippen LogP contribution >= 0.6 is 0 Å². The maximum absolute atomic E-state index is 14.6. The van der Waals surface area contributed by atoms with Gasteiger partial charge in [0.1, 0.15) is 5.82 Å². The first-order chi connectivity index (χ1) is 14.5. The normalized spacial score (nSPS) is 14.0. The molecule has 6 nitrogen and oxygen atoms in total. The number of rotatable bonds is 5. The molecule has 0 bridgehead atoms. The summed E-state index contributed by atoms with van der Waals surface area (Å²) in [5, 5.41) is 7.38. The fraction of sp³-hybridized carbons (Fsp3) is 0.304. The molecule has 1 fully saturated rings. The van der Waals surface area contributed by atoms with E-state index in [1.165, 1.54) is 6.07 Å². The molecule has 1 N–H and O–H groups in total. The van der Waals surface area contributed by atoms with Crippen molar-refractivity contribution in [3.63, 3.8) is 0 Å². The Morgan fingerprint density at radius 3 is 2.57 bits per heavy atom. The van der Waals surface area contributed by atoms with Gasteiger partial charge < -0.3 is 15.0 Å². The third-order valence-corrected chi connectivity index (χ3v) is 5.36. The second-order valence-corrected chi connectivity index (χ2v) is 7.39. The molecule has 3 aromatic rings. The standard InChI is InChI=1S/C23H25FN4O2/c1-16-20(17(2)28(26-16)19-6-4-3-5-7-19)15-23(29)25-18-8-9-22(21(24)14-18)27-10-12-30-13-11-27/h3-9,14H,10-13,15H2,1-2H3,(H,25,29). The number of ether oxygens (including phenoxy) is 1. The number of morpholine rings is 1. The predicted octanol–water partition coefficient (Wildman–Crippen LogP) is 3.65. The summed E-state index contributed by atoms with van der Waals surface area (Å²) < 4.78 is 21.7. The lowest BCUT2D eigenvalue weighted by molar-refractivity contribution is -0.115. The Labute approximate surface area is 175 Å². The van der Waals surface area contributed by atoms with E-state index in [1.54, 1.807) is 12.1 Å². The van der Waals surface area contributed by atoms with E-state index in [9.17, 15) is 9.18 Å². The van der Waals surface area contributed by atoms with Gasteiger partial charge in [-0.15, -0.1) is 0 Å². The lowest BCUT2D eigenvalue weighted by Gasteiger charge is -2.29. The molecule has 156 valence electrons. The van der Waals surface area contributed by atoms with Crippen molar-refractivity contribution in [2.75, 3.05) is 36.5 Å². The Bertz CT molecular complexity index is 1040. The number of nitrogens with zero attached hydrogens (tertiary/aromatic N) is 3. The highest BCUT2D eigenvalue weighted by Crippen LogP contribution is 2.24. The van der Waals surface area contributed by atoms with Crippen LogP contribution in [0.25, 0.3) is 5.69 Å². The zero-order valence-electron chi connectivity index (χ0n) is 17.2. The second-order valence-electron chi connectivity index (χ2n) is 7.39. The van der Waals surface area contributed by atoms with Crippen LogP contribution in [0.15, 0.2) is 48.5 Å². The Morgan fingerprint density at radius 2 is 1.87 bits per heavy atom. The fourth-order valence-electron chi connectivity index (χ4n) is 3.76. The monoisotopic (exact) mass is 408 g/mol. The summed E-state index contributed by atoms with van der Waals surface area (Å²) in [5.41, 5.74) is 4.53. The molecule has 1 saturated heterocycles. The first-order valence-electron chi connectivity index (χ1n) is 10.1. The number of hydrogen-bond donors (Lipinski definition) is 1. The molecule has 30 heavy (non-hydrogen) atoms. The molecule has 2 aromatic carbocycles. The van der Waals surface area contributed by atoms with Crippen molar-refractivity contribution >= 4 is 17.3 Å². The second kappa shape index (κ2) is 8.67. The van der Waals surface area contributed by atoms with Gasteiger partial charge in [-0.2, -0.15) is 5.10 Å². The Morgan fingerprint density at radius 1 is 1.13 bits per heavy atom. The number of aryl methyl sites for hydroxylation is 1. The molecule has 4 rings (SSSR count). The number of nitrogens with one attached hydrogen (secondary N) is 1. The SMILES string of the molecule is Cc1nn(-c2ccccc2)c(C)c1CC(=O)Nc1ccc(N2CCOCC2)c(F)c1. The summed E-state index contributed by atoms with van der Waals surface area (Å²) in [7, 11) is 0. The van der Waals surface area contributed by atoms with Crippen LogP contribution in [-0.4, -0.2) is 42.0 Å². The zero-order chi connectivity index (χ0) is 21.1. The third kappa shape index (κ3) is 4.21. The smallest absolute Gasteiger partial charge is 0.228 e. The zero-order valence-corrected chi connectivity index (χ0v) is 17.2. The van der Waals surface area contributed by atoms with Crippen LogP contribution in [0.4, 0.5) is 15.8 Å². The minimum absolute atomic E-state index is 0.178. The van der Waals surface area contributed by atoms with E-state index >= 15 is 0 Å². The molecular formula is C23H25FN4O2. The first-order valence-corrected chi connectivity index (χ1v) is 10.1. The molecule has 1 aromatic heterocycles. The molecule has 7 heteroatoms. The van der Waals surface area contributed by atoms with E-state index in [1.807, 2.05) is 53.8 Å². The number of carbonyl (C=O) groups is 1. The molecule has 0 aliphatic carbocycles. The number of para-hydroxylation sites is 1. The van der Waals surface area contributed by atoms with Crippen LogP contribution in [0, 0.1) is 19.7 Å². The van der Waals surface area contributed by atoms with Gasteiger partial charge >= 0.3 is 0 Å². The van der Waals surface area contributed by atoms with Crippen LogP contribution in [0.1, 0.15) is 17.0 Å². The topological polar surface area (TPSA) is 59.4 Å². The van der Waals surface area contributed by atoms with Gasteiger partial charge in [-0.1, -0.05) is 18.2 Å². The number of benzene rings is 2. The van der Waals surface area contributed by atoms with Crippen LogP contribution in [0.5, 0.6) is 0 Å². The molecule has 1 amide bonds. The van der Waals surface area contributed by atoms with Gasteiger partial charge in [0.2, 0.25) is 5.91 Å². The summed E-state index contributed by atoms with van der Waals surface area (Å²) >= 11 is 0. The number of halogens is 1. The molecule has 2 heterocycles. The summed E-state index contributed by atoms with van der Waals surface area (Å²) in [6, 6.07) is 14.6. The Kier molecular flexibility index (Phi) is 5.81. The highest BCUT2D eigenvalue weighted by Gasteiger charge is 2.18. The number of aromatic nitrogens is 2. The highest BCUT2D eigenvalue weighted by molar-refractivity contribution is 5.92. The van der Waals surface area contributed by atoms with Crippen molar-refractivity contribution in [1.29, 1.82) is 0 Å². The van der Waals surface area contributed by atoms with E-state index in [-0.39, 0.29) is 18.1 Å². The lowest BCUT2D eigenvalue weighted by Crippen LogP contribution is -2.36. The predicted molar refractivity (Wildman–Crippen MR) is 115 cm³/mol. The van der Waals surface area contributed by atoms with Crippen LogP contribution in [-0.2, 0) is 16.0 Å². The van der Waals surface area contributed by atoms with Crippen molar-refractivity contribution in [3.05, 3.63) is 71.3 Å². The van der Waals surface area contributed by atoms with Gasteiger partial charge in [-0.25, -0.2) is 9.07 Å². The van der Waals surface area contributed by atoms with Crippen molar-refractivity contribution in [2.24, 2.45) is 0 Å². The van der Waals surface area contributed by atoms with E-state index in [0.29, 0.717) is 37.7 Å². The number of hydrogen-bond acceptors (Lipinski definition) is 4. The van der Waals surface area contributed by atoms with E-state index in [4.69, 9.17) is 4.74 Å². The summed E-state index contributed by atoms with van der Waals surface area (Å²) in [5.74, 6) is -0.550. The number of carbonyl (C=O) groups excluding carboxylic acids is 1. The maximum atomic E-state index is 14.6. The largest absolute Gasteiger partial charge is 0.378 e. The van der Waals surface area contributed by atoms with Crippen molar-refractivity contribution < 1.29 is 13.9 Å². The van der Waals surface area contributed by atoms with E-state index in [2.05, 4.69) is 10.4 Å². The van der Waals surface area contributed by atoms with E-state index in [0.717, 1.165) is 22.6 Å². The maximum Gasteiger partial charge on any atom is 0.228 e. The van der Waals surface area contributed by atoms with E-state index < -0.39 is 0 Å². The number of anilines is 2. The van der Waals surface area contributed by atoms with Gasteiger partial charge in [-0.05, 0) is 44.2 Å². The summed E-state index contributed by atoms with van der Waals surface area (Å²) in [6.07, 6.45) is 0.178. The lowest BCUT2D eigenvalue weighted by atomic mass is 10.1. The minimum atomic E-state index is -0.348. The van der Waals surface area contributed by atoms with Crippen LogP contribution in [0.3, 0.4) is 0 Å². The summed E-state index contributed by atoms with van der Waals surface area (Å²) in [4.78, 5) is 14.6.